The predicted molar refractivity (Wildman–Crippen MR) is 110 cm³/mol. The summed E-state index contributed by atoms with van der Waals surface area (Å²) in [6, 6.07) is 15.3. The number of anilines is 3. The molecule has 0 saturated carbocycles. The first-order valence-electron chi connectivity index (χ1n) is 9.18. The number of para-hydroxylation sites is 1. The van der Waals surface area contributed by atoms with Crippen LogP contribution in [0.15, 0.2) is 48.5 Å². The molecule has 0 unspecified atom stereocenters. The maximum absolute atomic E-state index is 11.9. The van der Waals surface area contributed by atoms with Gasteiger partial charge in [0.25, 0.3) is 0 Å². The van der Waals surface area contributed by atoms with Crippen molar-refractivity contribution in [2.24, 2.45) is 0 Å². The molecule has 3 N–H and O–H groups in total. The van der Waals surface area contributed by atoms with Gasteiger partial charge in [-0.25, -0.2) is 0 Å². The molecule has 0 aliphatic carbocycles. The molecule has 0 spiro atoms. The molecule has 2 aromatic carbocycles. The summed E-state index contributed by atoms with van der Waals surface area (Å²) in [7, 11) is 0. The highest BCUT2D eigenvalue weighted by molar-refractivity contribution is 5.69. The van der Waals surface area contributed by atoms with Gasteiger partial charge in [0.15, 0.2) is 12.4 Å². The largest absolute Gasteiger partial charge is 0.493 e. The van der Waals surface area contributed by atoms with E-state index in [-0.39, 0.29) is 31.4 Å². The number of ether oxygens (including phenoxy) is 2. The smallest absolute Gasteiger partial charge is 0.309 e. The van der Waals surface area contributed by atoms with Crippen LogP contribution in [0.4, 0.5) is 17.6 Å². The molecule has 0 aliphatic rings. The third-order valence-electron chi connectivity index (χ3n) is 4.05. The lowest BCUT2D eigenvalue weighted by atomic mass is 10.2. The quantitative estimate of drug-likeness (QED) is 0.561. The van der Waals surface area contributed by atoms with Gasteiger partial charge in [0.2, 0.25) is 11.9 Å². The average molecular weight is 393 g/mol. The molecule has 0 fully saturated rings. The van der Waals surface area contributed by atoms with Crippen molar-refractivity contribution in [1.82, 2.24) is 15.0 Å². The molecule has 0 saturated heterocycles. The highest BCUT2D eigenvalue weighted by Crippen LogP contribution is 2.18. The second kappa shape index (κ2) is 9.50. The van der Waals surface area contributed by atoms with Gasteiger partial charge in [0, 0.05) is 5.69 Å². The fourth-order valence-electron chi connectivity index (χ4n) is 2.50. The minimum absolute atomic E-state index is 0.0461. The second-order valence-corrected chi connectivity index (χ2v) is 6.45. The number of rotatable bonds is 8. The van der Waals surface area contributed by atoms with Crippen molar-refractivity contribution in [2.75, 3.05) is 17.7 Å². The monoisotopic (exact) mass is 393 g/mol. The molecule has 8 heteroatoms. The van der Waals surface area contributed by atoms with Gasteiger partial charge in [-0.1, -0.05) is 35.9 Å². The maximum Gasteiger partial charge on any atom is 0.309 e. The first-order valence-corrected chi connectivity index (χ1v) is 9.18. The van der Waals surface area contributed by atoms with Gasteiger partial charge in [-0.2, -0.15) is 15.0 Å². The van der Waals surface area contributed by atoms with Crippen LogP contribution in [0.25, 0.3) is 0 Å². The molecule has 0 bridgehead atoms. The zero-order chi connectivity index (χ0) is 20.6. The molecule has 29 heavy (non-hydrogen) atoms. The Morgan fingerprint density at radius 1 is 1.03 bits per heavy atom. The number of nitrogens with two attached hydrogens (primary N) is 1. The van der Waals surface area contributed by atoms with Crippen LogP contribution in [-0.4, -0.2) is 27.5 Å². The van der Waals surface area contributed by atoms with Gasteiger partial charge in [-0.05, 0) is 37.6 Å². The van der Waals surface area contributed by atoms with Crippen molar-refractivity contribution < 1.29 is 14.3 Å². The molecule has 0 aliphatic heterocycles. The Morgan fingerprint density at radius 2 is 1.79 bits per heavy atom. The zero-order valence-corrected chi connectivity index (χ0v) is 16.4. The predicted octanol–water partition coefficient (Wildman–Crippen LogP) is 3.33. The number of aryl methyl sites for hydroxylation is 2. The average Bonchev–Trinajstić information content (AvgIpc) is 2.69. The molecule has 0 radical (unpaired) electrons. The fourth-order valence-corrected chi connectivity index (χ4v) is 2.50. The number of esters is 1. The van der Waals surface area contributed by atoms with Crippen molar-refractivity contribution in [1.29, 1.82) is 0 Å². The lowest BCUT2D eigenvalue weighted by molar-refractivity contribution is -0.145. The van der Waals surface area contributed by atoms with Crippen molar-refractivity contribution >= 4 is 23.6 Å². The summed E-state index contributed by atoms with van der Waals surface area (Å²) in [5.74, 6) is 0.900. The van der Waals surface area contributed by atoms with Gasteiger partial charge in [0.05, 0.1) is 13.0 Å². The van der Waals surface area contributed by atoms with Crippen molar-refractivity contribution in [3.05, 3.63) is 65.5 Å². The van der Waals surface area contributed by atoms with Crippen LogP contribution in [0.2, 0.25) is 0 Å². The second-order valence-electron chi connectivity index (χ2n) is 6.45. The highest BCUT2D eigenvalue weighted by Gasteiger charge is 2.10. The summed E-state index contributed by atoms with van der Waals surface area (Å²) in [4.78, 5) is 24.3. The summed E-state index contributed by atoms with van der Waals surface area (Å²) in [5, 5.41) is 3.09. The molecule has 0 atom stereocenters. The maximum atomic E-state index is 11.9. The summed E-state index contributed by atoms with van der Waals surface area (Å²) in [6.45, 7) is 4.09. The van der Waals surface area contributed by atoms with Crippen LogP contribution >= 0.6 is 0 Å². The van der Waals surface area contributed by atoms with E-state index in [9.17, 15) is 4.79 Å². The number of nitrogen functional groups attached to an aromatic ring is 1. The normalized spacial score (nSPS) is 10.4. The van der Waals surface area contributed by atoms with Crippen LogP contribution < -0.4 is 15.8 Å². The third-order valence-corrected chi connectivity index (χ3v) is 4.05. The minimum atomic E-state index is -0.412. The van der Waals surface area contributed by atoms with Crippen LogP contribution in [0.1, 0.15) is 23.4 Å². The number of aromatic nitrogens is 3. The highest BCUT2D eigenvalue weighted by atomic mass is 16.5. The van der Waals surface area contributed by atoms with Crippen LogP contribution in [0.5, 0.6) is 5.75 Å². The van der Waals surface area contributed by atoms with E-state index in [2.05, 4.69) is 20.3 Å². The Morgan fingerprint density at radius 3 is 2.55 bits per heavy atom. The lowest BCUT2D eigenvalue weighted by Crippen LogP contribution is -2.13. The zero-order valence-electron chi connectivity index (χ0n) is 16.4. The minimum Gasteiger partial charge on any atom is -0.493 e. The Hall–Kier alpha value is -3.68. The van der Waals surface area contributed by atoms with E-state index in [0.29, 0.717) is 11.7 Å². The summed E-state index contributed by atoms with van der Waals surface area (Å²) < 4.78 is 10.7. The lowest BCUT2D eigenvalue weighted by Gasteiger charge is -2.10. The van der Waals surface area contributed by atoms with Gasteiger partial charge in [-0.3, -0.25) is 4.79 Å². The van der Waals surface area contributed by atoms with E-state index in [1.807, 2.05) is 62.4 Å². The van der Waals surface area contributed by atoms with E-state index in [1.54, 1.807) is 0 Å². The summed E-state index contributed by atoms with van der Waals surface area (Å²) >= 11 is 0. The number of carbonyl (C=O) groups is 1. The molecular weight excluding hydrogens is 370 g/mol. The van der Waals surface area contributed by atoms with Gasteiger partial charge >= 0.3 is 5.97 Å². The van der Waals surface area contributed by atoms with E-state index < -0.39 is 5.97 Å². The molecule has 3 rings (SSSR count). The summed E-state index contributed by atoms with van der Waals surface area (Å²) in [5.41, 5.74) is 8.78. The van der Waals surface area contributed by atoms with E-state index in [0.717, 1.165) is 16.8 Å². The standard InChI is InChI=1S/C21H23N5O3/c1-14-7-9-16(10-8-14)28-12-11-19(27)29-13-18-24-20(22)26-21(25-18)23-17-6-4-3-5-15(17)2/h3-10H,11-13H2,1-2H3,(H3,22,23,24,25,26). The first kappa shape index (κ1) is 20.1. The van der Waals surface area contributed by atoms with Crippen LogP contribution in [0, 0.1) is 13.8 Å². The van der Waals surface area contributed by atoms with Gasteiger partial charge in [-0.15, -0.1) is 0 Å². The number of hydrogen-bond acceptors (Lipinski definition) is 8. The molecule has 1 heterocycles. The number of hydrogen-bond donors (Lipinski definition) is 2. The number of nitrogens with zero attached hydrogens (tertiary/aromatic N) is 3. The Kier molecular flexibility index (Phi) is 6.57. The molecule has 3 aromatic rings. The van der Waals surface area contributed by atoms with E-state index >= 15 is 0 Å². The van der Waals surface area contributed by atoms with Crippen molar-refractivity contribution in [3.63, 3.8) is 0 Å². The van der Waals surface area contributed by atoms with Gasteiger partial charge in [0.1, 0.15) is 5.75 Å². The number of benzene rings is 2. The Balaban J connectivity index is 1.50. The third kappa shape index (κ3) is 6.17. The Bertz CT molecular complexity index is 976. The Labute approximate surface area is 169 Å². The topological polar surface area (TPSA) is 112 Å². The molecule has 0 amide bonds. The van der Waals surface area contributed by atoms with Crippen molar-refractivity contribution in [2.45, 2.75) is 26.9 Å². The number of carbonyl (C=O) groups excluding carboxylic acids is 1. The molecule has 1 aromatic heterocycles. The molecular formula is C21H23N5O3. The van der Waals surface area contributed by atoms with Crippen molar-refractivity contribution in [3.8, 4) is 5.75 Å². The van der Waals surface area contributed by atoms with E-state index in [4.69, 9.17) is 15.2 Å². The SMILES string of the molecule is Cc1ccc(OCCC(=O)OCc2nc(N)nc(Nc3ccccc3C)n2)cc1. The molecule has 8 nitrogen and oxygen atoms in total. The van der Waals surface area contributed by atoms with Gasteiger partial charge < -0.3 is 20.5 Å². The first-order chi connectivity index (χ1) is 14.0. The number of nitrogens with one attached hydrogen (secondary N) is 1. The van der Waals surface area contributed by atoms with E-state index in [1.165, 1.54) is 0 Å². The summed E-state index contributed by atoms with van der Waals surface area (Å²) in [6.07, 6.45) is 0.114. The van der Waals surface area contributed by atoms with Crippen LogP contribution in [-0.2, 0) is 16.1 Å². The fraction of sp³-hybridized carbons (Fsp3) is 0.238. The molecule has 150 valence electrons. The van der Waals surface area contributed by atoms with Crippen LogP contribution in [0.3, 0.4) is 0 Å².